The van der Waals surface area contributed by atoms with Gasteiger partial charge in [-0.2, -0.15) is 0 Å². The van der Waals surface area contributed by atoms with Crippen LogP contribution in [0.15, 0.2) is 30.3 Å². The van der Waals surface area contributed by atoms with Crippen molar-refractivity contribution in [2.24, 2.45) is 0 Å². The lowest BCUT2D eigenvalue weighted by atomic mass is 9.99. The molecule has 1 heterocycles. The van der Waals surface area contributed by atoms with E-state index in [2.05, 4.69) is 64.4 Å². The van der Waals surface area contributed by atoms with Crippen molar-refractivity contribution in [1.29, 1.82) is 0 Å². The van der Waals surface area contributed by atoms with E-state index in [9.17, 15) is 5.11 Å². The standard InChI is InChI=1S/C25H42N2O3Si/c1-11-29-17-20-26-22(25(7,8)28)21(19-15-13-12-14-16-19)27(20)18-24(5,6)30-31(9,10)23(2,3)4/h12-16,28H,11,17-18H2,1-10H3. The minimum Gasteiger partial charge on any atom is -0.410 e. The van der Waals surface area contributed by atoms with Gasteiger partial charge in [0.2, 0.25) is 0 Å². The number of ether oxygens (including phenoxy) is 1. The lowest BCUT2D eigenvalue weighted by Gasteiger charge is -2.43. The summed E-state index contributed by atoms with van der Waals surface area (Å²) in [6.07, 6.45) is 0. The second-order valence-electron chi connectivity index (χ2n) is 11.0. The smallest absolute Gasteiger partial charge is 0.192 e. The van der Waals surface area contributed by atoms with Gasteiger partial charge in [-0.25, -0.2) is 4.98 Å². The van der Waals surface area contributed by atoms with Crippen LogP contribution in [0.25, 0.3) is 11.3 Å². The molecule has 6 heteroatoms. The van der Waals surface area contributed by atoms with E-state index in [4.69, 9.17) is 14.1 Å². The summed E-state index contributed by atoms with van der Waals surface area (Å²) in [5, 5.41) is 11.1. The van der Waals surface area contributed by atoms with Crippen molar-refractivity contribution in [2.45, 2.75) is 97.9 Å². The van der Waals surface area contributed by atoms with Crippen LogP contribution in [0.2, 0.25) is 18.1 Å². The molecule has 1 aromatic carbocycles. The molecule has 0 unspecified atom stereocenters. The molecule has 0 saturated carbocycles. The quantitative estimate of drug-likeness (QED) is 0.472. The van der Waals surface area contributed by atoms with Crippen molar-refractivity contribution in [3.05, 3.63) is 41.9 Å². The summed E-state index contributed by atoms with van der Waals surface area (Å²) in [7, 11) is -1.98. The summed E-state index contributed by atoms with van der Waals surface area (Å²) in [4.78, 5) is 4.87. The monoisotopic (exact) mass is 446 g/mol. The van der Waals surface area contributed by atoms with Gasteiger partial charge >= 0.3 is 0 Å². The van der Waals surface area contributed by atoms with E-state index in [0.29, 0.717) is 25.5 Å². The third-order valence-electron chi connectivity index (χ3n) is 5.99. The molecule has 0 amide bonds. The fourth-order valence-corrected chi connectivity index (χ4v) is 5.30. The number of aliphatic hydroxyl groups is 1. The van der Waals surface area contributed by atoms with Gasteiger partial charge in [0.15, 0.2) is 8.32 Å². The highest BCUT2D eigenvalue weighted by Crippen LogP contribution is 2.40. The average Bonchev–Trinajstić information content (AvgIpc) is 2.96. The normalized spacial score (nSPS) is 13.6. The fraction of sp³-hybridized carbons (Fsp3) is 0.640. The van der Waals surface area contributed by atoms with E-state index in [0.717, 1.165) is 17.1 Å². The van der Waals surface area contributed by atoms with Crippen molar-refractivity contribution >= 4 is 8.32 Å². The number of hydrogen-bond donors (Lipinski definition) is 1. The van der Waals surface area contributed by atoms with Crippen LogP contribution in [0.3, 0.4) is 0 Å². The SMILES string of the molecule is CCOCc1nc(C(C)(C)O)c(-c2ccccc2)n1CC(C)(C)O[Si](C)(C)C(C)(C)C. The van der Waals surface area contributed by atoms with E-state index >= 15 is 0 Å². The predicted molar refractivity (Wildman–Crippen MR) is 131 cm³/mol. The third-order valence-corrected chi connectivity index (χ3v) is 10.7. The summed E-state index contributed by atoms with van der Waals surface area (Å²) in [5.41, 5.74) is 1.12. The molecule has 0 atom stereocenters. The van der Waals surface area contributed by atoms with Crippen LogP contribution in [0.4, 0.5) is 0 Å². The summed E-state index contributed by atoms with van der Waals surface area (Å²) in [6.45, 7) is 22.8. The molecular formula is C25H42N2O3Si. The van der Waals surface area contributed by atoms with Gasteiger partial charge in [0.05, 0.1) is 23.5 Å². The van der Waals surface area contributed by atoms with Crippen LogP contribution in [-0.2, 0) is 27.9 Å². The van der Waals surface area contributed by atoms with Crippen molar-refractivity contribution in [3.8, 4) is 11.3 Å². The highest BCUT2D eigenvalue weighted by Gasteiger charge is 2.42. The highest BCUT2D eigenvalue weighted by molar-refractivity contribution is 6.74. The first kappa shape index (κ1) is 25.8. The Morgan fingerprint density at radius 2 is 1.58 bits per heavy atom. The van der Waals surface area contributed by atoms with Crippen molar-refractivity contribution < 1.29 is 14.3 Å². The topological polar surface area (TPSA) is 56.5 Å². The van der Waals surface area contributed by atoms with Crippen LogP contribution in [0, 0.1) is 0 Å². The summed E-state index contributed by atoms with van der Waals surface area (Å²) in [5.74, 6) is 0.810. The zero-order valence-corrected chi connectivity index (χ0v) is 22.2. The molecule has 0 aliphatic rings. The predicted octanol–water partition coefficient (Wildman–Crippen LogP) is 6.11. The van der Waals surface area contributed by atoms with Gasteiger partial charge in [-0.3, -0.25) is 0 Å². The van der Waals surface area contributed by atoms with E-state index in [1.54, 1.807) is 13.8 Å². The number of hydrogen-bond acceptors (Lipinski definition) is 4. The molecular weight excluding hydrogens is 404 g/mol. The van der Waals surface area contributed by atoms with Gasteiger partial charge in [-0.05, 0) is 52.8 Å². The van der Waals surface area contributed by atoms with Crippen LogP contribution in [0.1, 0.15) is 66.9 Å². The Bertz CT molecular complexity index is 859. The number of aromatic nitrogens is 2. The number of rotatable bonds is 9. The zero-order valence-electron chi connectivity index (χ0n) is 21.2. The van der Waals surface area contributed by atoms with Gasteiger partial charge in [-0.15, -0.1) is 0 Å². The Morgan fingerprint density at radius 3 is 2.06 bits per heavy atom. The minimum atomic E-state index is -1.98. The maximum atomic E-state index is 10.9. The molecule has 0 spiro atoms. The molecule has 174 valence electrons. The second kappa shape index (κ2) is 9.18. The largest absolute Gasteiger partial charge is 0.410 e. The second-order valence-corrected chi connectivity index (χ2v) is 15.7. The Morgan fingerprint density at radius 1 is 1.00 bits per heavy atom. The van der Waals surface area contributed by atoms with Crippen LogP contribution in [-0.4, -0.2) is 35.2 Å². The van der Waals surface area contributed by atoms with Crippen LogP contribution in [0.5, 0.6) is 0 Å². The van der Waals surface area contributed by atoms with E-state index in [-0.39, 0.29) is 5.04 Å². The molecule has 5 nitrogen and oxygen atoms in total. The lowest BCUT2D eigenvalue weighted by Crippen LogP contribution is -2.49. The van der Waals surface area contributed by atoms with E-state index < -0.39 is 19.5 Å². The third kappa shape index (κ3) is 6.28. The molecule has 2 rings (SSSR count). The van der Waals surface area contributed by atoms with Crippen molar-refractivity contribution in [2.75, 3.05) is 6.61 Å². The fourth-order valence-electron chi connectivity index (χ4n) is 3.55. The summed E-state index contributed by atoms with van der Waals surface area (Å²) < 4.78 is 14.8. The van der Waals surface area contributed by atoms with Crippen LogP contribution >= 0.6 is 0 Å². The van der Waals surface area contributed by atoms with Gasteiger partial charge in [0.1, 0.15) is 18.0 Å². The first-order valence-corrected chi connectivity index (χ1v) is 14.2. The summed E-state index contributed by atoms with van der Waals surface area (Å²) >= 11 is 0. The first-order chi connectivity index (χ1) is 14.1. The van der Waals surface area contributed by atoms with Gasteiger partial charge in [0.25, 0.3) is 0 Å². The molecule has 1 aromatic heterocycles. The molecule has 31 heavy (non-hydrogen) atoms. The average molecular weight is 447 g/mol. The number of imidazole rings is 1. The molecule has 0 bridgehead atoms. The molecule has 0 radical (unpaired) electrons. The highest BCUT2D eigenvalue weighted by atomic mass is 28.4. The Kier molecular flexibility index (Phi) is 7.63. The maximum Gasteiger partial charge on any atom is 0.192 e. The molecule has 0 fully saturated rings. The maximum absolute atomic E-state index is 10.9. The van der Waals surface area contributed by atoms with Gasteiger partial charge in [-0.1, -0.05) is 51.1 Å². The molecule has 0 saturated heterocycles. The number of nitrogens with zero attached hydrogens (tertiary/aromatic N) is 2. The van der Waals surface area contributed by atoms with E-state index in [1.165, 1.54) is 0 Å². The lowest BCUT2D eigenvalue weighted by molar-refractivity contribution is 0.0676. The number of benzene rings is 1. The van der Waals surface area contributed by atoms with Gasteiger partial charge < -0.3 is 18.8 Å². The molecule has 0 aliphatic heterocycles. The zero-order chi connectivity index (χ0) is 23.7. The van der Waals surface area contributed by atoms with Crippen molar-refractivity contribution in [3.63, 3.8) is 0 Å². The first-order valence-electron chi connectivity index (χ1n) is 11.2. The molecule has 2 aromatic rings. The summed E-state index contributed by atoms with van der Waals surface area (Å²) in [6, 6.07) is 10.2. The molecule has 0 aliphatic carbocycles. The Balaban J connectivity index is 2.62. The molecule has 1 N–H and O–H groups in total. The Hall–Kier alpha value is -1.47. The van der Waals surface area contributed by atoms with Crippen LogP contribution < -0.4 is 0 Å². The Labute approximate surface area is 189 Å². The van der Waals surface area contributed by atoms with E-state index in [1.807, 2.05) is 25.1 Å². The minimum absolute atomic E-state index is 0.119. The van der Waals surface area contributed by atoms with Gasteiger partial charge in [0, 0.05) is 12.2 Å². The van der Waals surface area contributed by atoms with Crippen molar-refractivity contribution in [1.82, 2.24) is 9.55 Å².